The van der Waals surface area contributed by atoms with Gasteiger partial charge in [0.15, 0.2) is 0 Å². The minimum atomic E-state index is -0.147. The first-order valence-electron chi connectivity index (χ1n) is 10.0. The zero-order valence-electron chi connectivity index (χ0n) is 17.1. The van der Waals surface area contributed by atoms with Crippen molar-refractivity contribution in [1.82, 2.24) is 9.88 Å². The second-order valence-corrected chi connectivity index (χ2v) is 9.07. The highest BCUT2D eigenvalue weighted by Crippen LogP contribution is 2.26. The summed E-state index contributed by atoms with van der Waals surface area (Å²) in [5.74, 6) is 0.480. The number of halogens is 2. The standard InChI is InChI=1S/C22H21Cl2N5O2S/c23-15-12-18(24)21(25-13-15)29-9-7-28(8-10-29)14-20(30)26-16-3-5-17(6-4-16)27-22(31)19-2-1-11-32-19/h1-6,11-13H,7-10,14H2,(H,26,30)(H,27,31). The molecule has 4 rings (SSSR count). The Morgan fingerprint density at radius 1 is 1.00 bits per heavy atom. The van der Waals surface area contributed by atoms with Crippen LogP contribution in [0.2, 0.25) is 10.0 Å². The molecule has 1 fully saturated rings. The number of hydrogen-bond acceptors (Lipinski definition) is 6. The molecule has 0 radical (unpaired) electrons. The maximum Gasteiger partial charge on any atom is 0.265 e. The topological polar surface area (TPSA) is 77.6 Å². The van der Waals surface area contributed by atoms with Crippen LogP contribution in [0.15, 0.2) is 54.0 Å². The molecule has 32 heavy (non-hydrogen) atoms. The largest absolute Gasteiger partial charge is 0.353 e. The summed E-state index contributed by atoms with van der Waals surface area (Å²) in [6, 6.07) is 12.4. The van der Waals surface area contributed by atoms with Gasteiger partial charge in [-0.05, 0) is 41.8 Å². The summed E-state index contributed by atoms with van der Waals surface area (Å²) in [5.41, 5.74) is 1.35. The first-order valence-corrected chi connectivity index (χ1v) is 11.6. The van der Waals surface area contributed by atoms with Crippen LogP contribution in [0.3, 0.4) is 0 Å². The molecule has 3 aromatic rings. The Hall–Kier alpha value is -2.65. The number of nitrogens with zero attached hydrogens (tertiary/aromatic N) is 3. The van der Waals surface area contributed by atoms with Crippen LogP contribution < -0.4 is 15.5 Å². The van der Waals surface area contributed by atoms with Crippen LogP contribution in [0.25, 0.3) is 0 Å². The van der Waals surface area contributed by atoms with Crippen molar-refractivity contribution in [2.75, 3.05) is 48.3 Å². The molecule has 2 amide bonds. The molecular weight excluding hydrogens is 469 g/mol. The molecule has 0 aliphatic carbocycles. The van der Waals surface area contributed by atoms with Crippen molar-refractivity contribution in [2.45, 2.75) is 0 Å². The smallest absolute Gasteiger partial charge is 0.265 e. The highest BCUT2D eigenvalue weighted by molar-refractivity contribution is 7.12. The van der Waals surface area contributed by atoms with Crippen LogP contribution in [-0.2, 0) is 4.79 Å². The minimum absolute atomic E-state index is 0.0866. The molecule has 7 nitrogen and oxygen atoms in total. The van der Waals surface area contributed by atoms with E-state index in [1.165, 1.54) is 11.3 Å². The lowest BCUT2D eigenvalue weighted by atomic mass is 10.2. The molecule has 0 saturated carbocycles. The average molecular weight is 490 g/mol. The first-order chi connectivity index (χ1) is 15.5. The van der Waals surface area contributed by atoms with Gasteiger partial charge in [0.1, 0.15) is 5.82 Å². The SMILES string of the molecule is O=C(CN1CCN(c2ncc(Cl)cc2Cl)CC1)Nc1ccc(NC(=O)c2cccs2)cc1. The summed E-state index contributed by atoms with van der Waals surface area (Å²) in [6.07, 6.45) is 1.58. The van der Waals surface area contributed by atoms with E-state index >= 15 is 0 Å². The summed E-state index contributed by atoms with van der Waals surface area (Å²) < 4.78 is 0. The molecule has 1 aliphatic rings. The van der Waals surface area contributed by atoms with E-state index in [4.69, 9.17) is 23.2 Å². The quantitative estimate of drug-likeness (QED) is 0.534. The number of pyridine rings is 1. The number of rotatable bonds is 6. The first kappa shape index (κ1) is 22.5. The number of hydrogen-bond donors (Lipinski definition) is 2. The summed E-state index contributed by atoms with van der Waals surface area (Å²) in [5, 5.41) is 8.63. The molecule has 166 valence electrons. The Morgan fingerprint density at radius 3 is 2.31 bits per heavy atom. The Bertz CT molecular complexity index is 1080. The van der Waals surface area contributed by atoms with Crippen LogP contribution in [0, 0.1) is 0 Å². The molecule has 1 aliphatic heterocycles. The number of anilines is 3. The lowest BCUT2D eigenvalue weighted by molar-refractivity contribution is -0.117. The van der Waals surface area contributed by atoms with E-state index in [0.717, 1.165) is 26.2 Å². The van der Waals surface area contributed by atoms with Gasteiger partial charge < -0.3 is 15.5 Å². The van der Waals surface area contributed by atoms with Gasteiger partial charge in [0, 0.05) is 43.8 Å². The predicted octanol–water partition coefficient (Wildman–Crippen LogP) is 4.46. The molecule has 2 aromatic heterocycles. The lowest BCUT2D eigenvalue weighted by Crippen LogP contribution is -2.49. The van der Waals surface area contributed by atoms with Crippen molar-refractivity contribution in [2.24, 2.45) is 0 Å². The van der Waals surface area contributed by atoms with E-state index in [9.17, 15) is 9.59 Å². The van der Waals surface area contributed by atoms with Crippen molar-refractivity contribution < 1.29 is 9.59 Å². The van der Waals surface area contributed by atoms with Crippen molar-refractivity contribution in [1.29, 1.82) is 0 Å². The second-order valence-electron chi connectivity index (χ2n) is 7.28. The normalized spacial score (nSPS) is 14.2. The molecule has 0 spiro atoms. The third-order valence-corrected chi connectivity index (χ3v) is 6.35. The number of carbonyl (C=O) groups is 2. The van der Waals surface area contributed by atoms with Gasteiger partial charge in [-0.15, -0.1) is 11.3 Å². The zero-order chi connectivity index (χ0) is 22.5. The van der Waals surface area contributed by atoms with Crippen molar-refractivity contribution in [3.05, 3.63) is 69.0 Å². The number of aromatic nitrogens is 1. The fraction of sp³-hybridized carbons (Fsp3) is 0.227. The van der Waals surface area contributed by atoms with E-state index in [2.05, 4.69) is 25.4 Å². The number of benzene rings is 1. The Balaban J connectivity index is 1.24. The molecule has 2 N–H and O–H groups in total. The van der Waals surface area contributed by atoms with Gasteiger partial charge >= 0.3 is 0 Å². The van der Waals surface area contributed by atoms with Gasteiger partial charge in [0.2, 0.25) is 5.91 Å². The van der Waals surface area contributed by atoms with Crippen molar-refractivity contribution >= 4 is 63.5 Å². The second kappa shape index (κ2) is 10.3. The number of piperazine rings is 1. The Labute approximate surface area is 200 Å². The summed E-state index contributed by atoms with van der Waals surface area (Å²) in [4.78, 5) is 33.7. The summed E-state index contributed by atoms with van der Waals surface area (Å²) in [6.45, 7) is 3.19. The fourth-order valence-corrected chi connectivity index (χ4v) is 4.52. The number of carbonyl (C=O) groups excluding carboxylic acids is 2. The fourth-order valence-electron chi connectivity index (χ4n) is 3.40. The highest BCUT2D eigenvalue weighted by atomic mass is 35.5. The van der Waals surface area contributed by atoms with Gasteiger partial charge in [-0.2, -0.15) is 0 Å². The van der Waals surface area contributed by atoms with Gasteiger partial charge in [0.05, 0.1) is 21.5 Å². The molecular formula is C22H21Cl2N5O2S. The highest BCUT2D eigenvalue weighted by Gasteiger charge is 2.21. The van der Waals surface area contributed by atoms with Gasteiger partial charge in [-0.1, -0.05) is 29.3 Å². The molecule has 1 saturated heterocycles. The van der Waals surface area contributed by atoms with E-state index in [1.54, 1.807) is 42.6 Å². The van der Waals surface area contributed by atoms with Crippen LogP contribution in [0.4, 0.5) is 17.2 Å². The molecule has 0 unspecified atom stereocenters. The average Bonchev–Trinajstić information content (AvgIpc) is 3.31. The van der Waals surface area contributed by atoms with E-state index < -0.39 is 0 Å². The molecule has 1 aromatic carbocycles. The van der Waals surface area contributed by atoms with Crippen molar-refractivity contribution in [3.63, 3.8) is 0 Å². The summed E-state index contributed by atoms with van der Waals surface area (Å²) >= 11 is 13.6. The maximum absolute atomic E-state index is 12.5. The number of thiophene rings is 1. The van der Waals surface area contributed by atoms with Crippen LogP contribution in [-0.4, -0.2) is 54.4 Å². The number of amides is 2. The van der Waals surface area contributed by atoms with Gasteiger partial charge in [0.25, 0.3) is 5.91 Å². The van der Waals surface area contributed by atoms with Crippen LogP contribution in [0.5, 0.6) is 0 Å². The molecule has 10 heteroatoms. The maximum atomic E-state index is 12.5. The molecule has 3 heterocycles. The van der Waals surface area contributed by atoms with Gasteiger partial charge in [-0.3, -0.25) is 14.5 Å². The Kier molecular flexibility index (Phi) is 7.26. The Morgan fingerprint density at radius 2 is 1.69 bits per heavy atom. The van der Waals surface area contributed by atoms with Gasteiger partial charge in [-0.25, -0.2) is 4.98 Å². The lowest BCUT2D eigenvalue weighted by Gasteiger charge is -2.35. The third kappa shape index (κ3) is 5.77. The predicted molar refractivity (Wildman–Crippen MR) is 130 cm³/mol. The minimum Gasteiger partial charge on any atom is -0.353 e. The zero-order valence-corrected chi connectivity index (χ0v) is 19.4. The third-order valence-electron chi connectivity index (χ3n) is 5.00. The summed E-state index contributed by atoms with van der Waals surface area (Å²) in [7, 11) is 0. The van der Waals surface area contributed by atoms with Crippen LogP contribution >= 0.6 is 34.5 Å². The van der Waals surface area contributed by atoms with E-state index in [0.29, 0.717) is 38.7 Å². The molecule has 0 bridgehead atoms. The number of nitrogens with one attached hydrogen (secondary N) is 2. The monoisotopic (exact) mass is 489 g/mol. The van der Waals surface area contributed by atoms with Crippen molar-refractivity contribution in [3.8, 4) is 0 Å². The molecule has 0 atom stereocenters. The van der Waals surface area contributed by atoms with Crippen LogP contribution in [0.1, 0.15) is 9.67 Å². The van der Waals surface area contributed by atoms with E-state index in [1.807, 2.05) is 11.4 Å². The van der Waals surface area contributed by atoms with E-state index in [-0.39, 0.29) is 11.8 Å².